The Morgan fingerprint density at radius 1 is 1.18 bits per heavy atom. The number of carbonyl (C=O) groups is 2. The summed E-state index contributed by atoms with van der Waals surface area (Å²) in [4.78, 5) is 26.0. The molecule has 1 aromatic rings. The Morgan fingerprint density at radius 3 is 2.36 bits per heavy atom. The van der Waals surface area contributed by atoms with Gasteiger partial charge in [0.2, 0.25) is 0 Å². The molecule has 0 spiro atoms. The van der Waals surface area contributed by atoms with Crippen molar-refractivity contribution in [2.45, 2.75) is 26.4 Å². The van der Waals surface area contributed by atoms with E-state index in [9.17, 15) is 9.59 Å². The lowest BCUT2D eigenvalue weighted by Gasteiger charge is -2.17. The Hall–Kier alpha value is -2.72. The van der Waals surface area contributed by atoms with E-state index in [-0.39, 0.29) is 6.61 Å². The number of nitrogens with zero attached hydrogens (tertiary/aromatic N) is 2. The first-order valence-corrected chi connectivity index (χ1v) is 6.67. The van der Waals surface area contributed by atoms with Gasteiger partial charge in [-0.2, -0.15) is 4.79 Å². The summed E-state index contributed by atoms with van der Waals surface area (Å²) < 4.78 is 9.77. The number of rotatable bonds is 5. The molecule has 0 amide bonds. The summed E-state index contributed by atoms with van der Waals surface area (Å²) >= 11 is 0. The maximum absolute atomic E-state index is 11.7. The fourth-order valence-corrected chi connectivity index (χ4v) is 1.43. The molecule has 0 aliphatic rings. The van der Waals surface area contributed by atoms with E-state index in [4.69, 9.17) is 15.0 Å². The van der Waals surface area contributed by atoms with E-state index < -0.39 is 23.3 Å². The molecule has 0 saturated carbocycles. The molecule has 0 unspecified atom stereocenters. The van der Waals surface area contributed by atoms with Gasteiger partial charge in [0, 0.05) is 0 Å². The van der Waals surface area contributed by atoms with Crippen molar-refractivity contribution in [2.24, 2.45) is 0 Å². The molecule has 0 aliphatic carbocycles. The fourth-order valence-electron chi connectivity index (χ4n) is 1.43. The van der Waals surface area contributed by atoms with Crippen LogP contribution in [0.3, 0.4) is 0 Å². The van der Waals surface area contributed by atoms with Gasteiger partial charge in [-0.15, -0.1) is 0 Å². The molecule has 1 rings (SSSR count). The van der Waals surface area contributed by atoms with Crippen LogP contribution in [0.1, 0.15) is 26.3 Å². The third kappa shape index (κ3) is 6.15. The minimum Gasteiger partial charge on any atom is -0.452 e. The fraction of sp³-hybridized carbons (Fsp3) is 0.312. The van der Waals surface area contributed by atoms with E-state index in [1.54, 1.807) is 32.9 Å². The summed E-state index contributed by atoms with van der Waals surface area (Å²) in [5, 5.41) is 0. The van der Waals surface area contributed by atoms with Crippen molar-refractivity contribution in [1.82, 2.24) is 0 Å². The molecule has 0 aromatic heterocycles. The topological polar surface area (TPSA) is 89.0 Å². The molecule has 0 fully saturated rings. The summed E-state index contributed by atoms with van der Waals surface area (Å²) in [5.41, 5.74) is 8.12. The van der Waals surface area contributed by atoms with Gasteiger partial charge in [0.05, 0.1) is 0 Å². The average Bonchev–Trinajstić information content (AvgIpc) is 2.43. The molecule has 6 nitrogen and oxygen atoms in total. The standard InChI is InChI=1S/C16H18N2O4/c1-16(2,3)22-15(20)13(18-17)14(19)21-11-7-10-12-8-5-4-6-9-12/h4-10H,11H2,1-3H3/b10-7+. The third-order valence-corrected chi connectivity index (χ3v) is 2.31. The van der Waals surface area contributed by atoms with Crippen molar-refractivity contribution in [3.8, 4) is 0 Å². The highest BCUT2D eigenvalue weighted by molar-refractivity contribution is 6.60. The predicted octanol–water partition coefficient (Wildman–Crippen LogP) is 2.26. The number of benzene rings is 1. The molecule has 116 valence electrons. The van der Waals surface area contributed by atoms with E-state index in [0.717, 1.165) is 5.56 Å². The van der Waals surface area contributed by atoms with Crippen molar-refractivity contribution in [2.75, 3.05) is 6.61 Å². The van der Waals surface area contributed by atoms with Gasteiger partial charge in [0.25, 0.3) is 0 Å². The lowest BCUT2D eigenvalue weighted by atomic mass is 10.2. The number of hydrogen-bond donors (Lipinski definition) is 0. The van der Waals surface area contributed by atoms with Gasteiger partial charge in [-0.1, -0.05) is 36.4 Å². The third-order valence-electron chi connectivity index (χ3n) is 2.31. The van der Waals surface area contributed by atoms with Crippen LogP contribution in [-0.2, 0) is 19.1 Å². The molecule has 0 atom stereocenters. The second-order valence-corrected chi connectivity index (χ2v) is 5.36. The molecule has 0 saturated heterocycles. The molecule has 1 aromatic carbocycles. The van der Waals surface area contributed by atoms with Crippen LogP contribution in [0.15, 0.2) is 36.4 Å². The second-order valence-electron chi connectivity index (χ2n) is 5.36. The predicted molar refractivity (Wildman–Crippen MR) is 80.9 cm³/mol. The van der Waals surface area contributed by atoms with Gasteiger partial charge in [-0.05, 0) is 32.4 Å². The first-order valence-electron chi connectivity index (χ1n) is 6.67. The molecular weight excluding hydrogens is 284 g/mol. The van der Waals surface area contributed by atoms with Crippen molar-refractivity contribution in [1.29, 1.82) is 0 Å². The van der Waals surface area contributed by atoms with Gasteiger partial charge < -0.3 is 15.0 Å². The zero-order chi connectivity index (χ0) is 16.6. The van der Waals surface area contributed by atoms with Gasteiger partial charge in [0.1, 0.15) is 12.2 Å². The molecule has 6 heteroatoms. The molecule has 22 heavy (non-hydrogen) atoms. The Labute approximate surface area is 129 Å². The van der Waals surface area contributed by atoms with E-state index >= 15 is 0 Å². The van der Waals surface area contributed by atoms with Crippen LogP contribution in [0.5, 0.6) is 0 Å². The number of carbonyl (C=O) groups excluding carboxylic acids is 2. The van der Waals surface area contributed by atoms with Crippen molar-refractivity contribution in [3.05, 3.63) is 47.5 Å². The van der Waals surface area contributed by atoms with Crippen LogP contribution < -0.4 is 0 Å². The molecule has 0 radical (unpaired) electrons. The maximum atomic E-state index is 11.7. The first-order chi connectivity index (χ1) is 10.3. The quantitative estimate of drug-likeness (QED) is 0.274. The highest BCUT2D eigenvalue weighted by Gasteiger charge is 2.35. The van der Waals surface area contributed by atoms with Crippen molar-refractivity contribution >= 4 is 23.7 Å². The Bertz CT molecular complexity index is 609. The molecule has 0 N–H and O–H groups in total. The zero-order valence-electron chi connectivity index (χ0n) is 12.8. The molecule has 0 bridgehead atoms. The average molecular weight is 302 g/mol. The summed E-state index contributed by atoms with van der Waals surface area (Å²) in [5.74, 6) is -2.08. The highest BCUT2D eigenvalue weighted by Crippen LogP contribution is 2.07. The Kier molecular flexibility index (Phi) is 6.23. The maximum Gasteiger partial charge on any atom is 0.482 e. The summed E-state index contributed by atoms with van der Waals surface area (Å²) in [6, 6.07) is 9.43. The minimum absolute atomic E-state index is 0.0600. The van der Waals surface area contributed by atoms with E-state index in [1.165, 1.54) is 0 Å². The largest absolute Gasteiger partial charge is 0.482 e. The zero-order valence-corrected chi connectivity index (χ0v) is 12.8. The molecule has 0 heterocycles. The van der Waals surface area contributed by atoms with Gasteiger partial charge >= 0.3 is 17.7 Å². The number of ether oxygens (including phenoxy) is 2. The monoisotopic (exact) mass is 302 g/mol. The van der Waals surface area contributed by atoms with Crippen LogP contribution in [0.2, 0.25) is 0 Å². The van der Waals surface area contributed by atoms with Crippen LogP contribution in [0.25, 0.3) is 11.6 Å². The van der Waals surface area contributed by atoms with Crippen molar-refractivity contribution in [3.63, 3.8) is 0 Å². The second kappa shape index (κ2) is 7.90. The van der Waals surface area contributed by atoms with Crippen molar-refractivity contribution < 1.29 is 23.9 Å². The van der Waals surface area contributed by atoms with Crippen LogP contribution in [0, 0.1) is 0 Å². The van der Waals surface area contributed by atoms with Gasteiger partial charge in [0.15, 0.2) is 0 Å². The van der Waals surface area contributed by atoms with Crippen LogP contribution in [0.4, 0.5) is 0 Å². The van der Waals surface area contributed by atoms with E-state index in [1.807, 2.05) is 30.3 Å². The number of hydrogen-bond acceptors (Lipinski definition) is 4. The highest BCUT2D eigenvalue weighted by atomic mass is 16.6. The molecule has 0 aliphatic heterocycles. The summed E-state index contributed by atoms with van der Waals surface area (Å²) in [6.07, 6.45) is 3.37. The lowest BCUT2D eigenvalue weighted by molar-refractivity contribution is -0.155. The summed E-state index contributed by atoms with van der Waals surface area (Å²) in [6.45, 7) is 4.84. The Morgan fingerprint density at radius 2 is 1.82 bits per heavy atom. The first kappa shape index (κ1) is 17.3. The van der Waals surface area contributed by atoms with Gasteiger partial charge in [-0.25, -0.2) is 9.59 Å². The summed E-state index contributed by atoms with van der Waals surface area (Å²) in [7, 11) is 0. The Balaban J connectivity index is 2.55. The lowest BCUT2D eigenvalue weighted by Crippen LogP contribution is -2.34. The number of esters is 2. The molecular formula is C16H18N2O4. The van der Waals surface area contributed by atoms with Crippen LogP contribution in [-0.4, -0.2) is 34.6 Å². The van der Waals surface area contributed by atoms with Crippen LogP contribution >= 0.6 is 0 Å². The SMILES string of the molecule is CC(C)(C)OC(=O)C(=[N+]=[N-])C(=O)OC/C=C/c1ccccc1. The van der Waals surface area contributed by atoms with Gasteiger partial charge in [-0.3, -0.25) is 0 Å². The minimum atomic E-state index is -1.05. The normalized spacial score (nSPS) is 10.9. The smallest absolute Gasteiger partial charge is 0.452 e. The van der Waals surface area contributed by atoms with E-state index in [2.05, 4.69) is 4.79 Å². The van der Waals surface area contributed by atoms with E-state index in [0.29, 0.717) is 0 Å².